The van der Waals surface area contributed by atoms with Gasteiger partial charge in [-0.05, 0) is 135 Å². The first-order valence-electron chi connectivity index (χ1n) is 13.9. The van der Waals surface area contributed by atoms with E-state index in [-0.39, 0.29) is 0 Å². The smallest absolute Gasteiger partial charge is 0.0622 e. The number of aliphatic hydroxyl groups is 1. The number of hydrogen-bond donors (Lipinski definition) is 1. The Morgan fingerprint density at radius 2 is 1.19 bits per heavy atom. The van der Waals surface area contributed by atoms with Crippen molar-refractivity contribution in [3.8, 4) is 0 Å². The molecule has 5 fully saturated rings. The summed E-state index contributed by atoms with van der Waals surface area (Å²) in [5.41, 5.74) is 1.97. The lowest BCUT2D eigenvalue weighted by molar-refractivity contribution is -0.243. The van der Waals surface area contributed by atoms with E-state index in [1.165, 1.54) is 70.6 Å². The highest BCUT2D eigenvalue weighted by molar-refractivity contribution is 5.19. The summed E-state index contributed by atoms with van der Waals surface area (Å²) in [5.74, 6) is 3.91. The summed E-state index contributed by atoms with van der Waals surface area (Å²) >= 11 is 0. The molecule has 9 atom stereocenters. The lowest BCUT2D eigenvalue weighted by Gasteiger charge is -2.73. The summed E-state index contributed by atoms with van der Waals surface area (Å²) < 4.78 is 0. The lowest BCUT2D eigenvalue weighted by atomic mass is 9.32. The van der Waals surface area contributed by atoms with Crippen molar-refractivity contribution in [2.45, 2.75) is 132 Å². The van der Waals surface area contributed by atoms with Crippen LogP contribution in [0.4, 0.5) is 0 Å². The molecular weight excluding hydrogens is 376 g/mol. The fraction of sp³-hybridized carbons (Fsp3) is 1.00. The van der Waals surface area contributed by atoms with Crippen LogP contribution >= 0.6 is 0 Å². The first-order chi connectivity index (χ1) is 14.2. The van der Waals surface area contributed by atoms with Gasteiger partial charge in [-0.1, -0.05) is 48.0 Å². The van der Waals surface area contributed by atoms with Crippen LogP contribution < -0.4 is 0 Å². The lowest BCUT2D eigenvalue weighted by Crippen LogP contribution is -2.66. The molecule has 0 aromatic rings. The van der Waals surface area contributed by atoms with Crippen LogP contribution in [0, 0.1) is 56.7 Å². The third-order valence-electron chi connectivity index (χ3n) is 13.6. The minimum atomic E-state index is -0.517. The zero-order valence-corrected chi connectivity index (χ0v) is 22.1. The van der Waals surface area contributed by atoms with Crippen LogP contribution in [0.3, 0.4) is 0 Å². The van der Waals surface area contributed by atoms with E-state index in [1.807, 2.05) is 0 Å². The predicted molar refractivity (Wildman–Crippen MR) is 131 cm³/mol. The Labute approximate surface area is 193 Å². The molecule has 0 aliphatic heterocycles. The van der Waals surface area contributed by atoms with Crippen LogP contribution in [-0.4, -0.2) is 10.7 Å². The molecule has 31 heavy (non-hydrogen) atoms. The molecule has 0 saturated heterocycles. The highest BCUT2D eigenvalue weighted by atomic mass is 16.3. The molecule has 0 aromatic heterocycles. The van der Waals surface area contributed by atoms with Gasteiger partial charge in [0.1, 0.15) is 0 Å². The van der Waals surface area contributed by atoms with Gasteiger partial charge in [-0.25, -0.2) is 0 Å². The molecule has 0 amide bonds. The SMILES string of the molecule is CC(C)(O)[C@H]1CC[C@@]2(C)[C@@H]1CC[C@]1(C)[C@H]2CC[C@@H]2[C@@]3(C)CCCC(C)(C)[C@@H]3CC[C@]21C. The molecule has 1 nitrogen and oxygen atoms in total. The fourth-order valence-electron chi connectivity index (χ4n) is 12.1. The van der Waals surface area contributed by atoms with Gasteiger partial charge in [-0.3, -0.25) is 0 Å². The van der Waals surface area contributed by atoms with Crippen LogP contribution in [0.5, 0.6) is 0 Å². The maximum absolute atomic E-state index is 11.0. The minimum Gasteiger partial charge on any atom is -0.390 e. The van der Waals surface area contributed by atoms with Crippen molar-refractivity contribution in [3.05, 3.63) is 0 Å². The van der Waals surface area contributed by atoms with Crippen molar-refractivity contribution < 1.29 is 5.11 Å². The second-order valence-electron chi connectivity index (χ2n) is 15.4. The molecule has 0 radical (unpaired) electrons. The molecule has 0 aromatic carbocycles. The number of rotatable bonds is 1. The van der Waals surface area contributed by atoms with Crippen molar-refractivity contribution in [3.63, 3.8) is 0 Å². The van der Waals surface area contributed by atoms with E-state index in [1.54, 1.807) is 0 Å². The van der Waals surface area contributed by atoms with Gasteiger partial charge in [0, 0.05) is 0 Å². The Hall–Kier alpha value is -0.0400. The van der Waals surface area contributed by atoms with Crippen molar-refractivity contribution in [2.75, 3.05) is 0 Å². The Morgan fingerprint density at radius 1 is 0.613 bits per heavy atom. The van der Waals surface area contributed by atoms with Crippen LogP contribution in [0.15, 0.2) is 0 Å². The second-order valence-corrected chi connectivity index (χ2v) is 15.4. The van der Waals surface area contributed by atoms with E-state index >= 15 is 0 Å². The Balaban J connectivity index is 1.52. The molecule has 5 aliphatic rings. The monoisotopic (exact) mass is 428 g/mol. The maximum Gasteiger partial charge on any atom is 0.0622 e. The Morgan fingerprint density at radius 3 is 1.81 bits per heavy atom. The van der Waals surface area contributed by atoms with E-state index in [0.717, 1.165) is 23.7 Å². The summed E-state index contributed by atoms with van der Waals surface area (Å²) in [4.78, 5) is 0. The number of fused-ring (bicyclic) bond motifs is 7. The van der Waals surface area contributed by atoms with E-state index in [0.29, 0.717) is 33.0 Å². The van der Waals surface area contributed by atoms with Gasteiger partial charge in [0.15, 0.2) is 0 Å². The van der Waals surface area contributed by atoms with Gasteiger partial charge in [0.25, 0.3) is 0 Å². The molecule has 1 heteroatoms. The summed E-state index contributed by atoms with van der Waals surface area (Å²) in [6, 6.07) is 0. The van der Waals surface area contributed by atoms with E-state index in [2.05, 4.69) is 55.4 Å². The fourth-order valence-corrected chi connectivity index (χ4v) is 12.1. The summed E-state index contributed by atoms with van der Waals surface area (Å²) in [6.07, 6.45) is 15.5. The number of hydrogen-bond acceptors (Lipinski definition) is 1. The molecule has 0 spiro atoms. The zero-order valence-electron chi connectivity index (χ0n) is 22.1. The summed E-state index contributed by atoms with van der Waals surface area (Å²) in [7, 11) is 0. The van der Waals surface area contributed by atoms with Crippen LogP contribution in [0.2, 0.25) is 0 Å². The van der Waals surface area contributed by atoms with E-state index in [9.17, 15) is 5.11 Å². The van der Waals surface area contributed by atoms with Crippen molar-refractivity contribution in [2.24, 2.45) is 56.7 Å². The highest BCUT2D eigenvalue weighted by Gasteiger charge is 2.70. The standard InChI is InChI=1S/C30H52O/c1-25(2)15-9-16-28(6)22(25)14-19-30(8)24(28)11-10-23-27(5)17-12-20(26(3,4)31)21(27)13-18-29(23,30)7/h20-24,31H,9-19H2,1-8H3/t20-,21+,22-,23-,24+,27-,28-,29+,30+/m0/s1. The third kappa shape index (κ3) is 2.77. The molecule has 5 saturated carbocycles. The maximum atomic E-state index is 11.0. The molecule has 178 valence electrons. The first kappa shape index (κ1) is 22.7. The Bertz CT molecular complexity index is 731. The quantitative estimate of drug-likeness (QED) is 0.445. The van der Waals surface area contributed by atoms with Crippen molar-refractivity contribution in [1.82, 2.24) is 0 Å². The molecule has 5 rings (SSSR count). The topological polar surface area (TPSA) is 20.2 Å². The molecular formula is C30H52O. The van der Waals surface area contributed by atoms with Gasteiger partial charge >= 0.3 is 0 Å². The van der Waals surface area contributed by atoms with E-state index < -0.39 is 5.60 Å². The minimum absolute atomic E-state index is 0.440. The average Bonchev–Trinajstić information content (AvgIpc) is 2.99. The van der Waals surface area contributed by atoms with E-state index in [4.69, 9.17) is 0 Å². The van der Waals surface area contributed by atoms with Gasteiger partial charge < -0.3 is 5.11 Å². The van der Waals surface area contributed by atoms with Crippen LogP contribution in [-0.2, 0) is 0 Å². The first-order valence-corrected chi connectivity index (χ1v) is 13.9. The van der Waals surface area contributed by atoms with Crippen LogP contribution in [0.1, 0.15) is 126 Å². The third-order valence-corrected chi connectivity index (χ3v) is 13.6. The molecule has 0 bridgehead atoms. The highest BCUT2D eigenvalue weighted by Crippen LogP contribution is 2.78. The average molecular weight is 429 g/mol. The van der Waals surface area contributed by atoms with Gasteiger partial charge in [0.05, 0.1) is 5.60 Å². The van der Waals surface area contributed by atoms with Gasteiger partial charge in [-0.2, -0.15) is 0 Å². The van der Waals surface area contributed by atoms with Gasteiger partial charge in [0.2, 0.25) is 0 Å². The molecule has 1 N–H and O–H groups in total. The zero-order chi connectivity index (χ0) is 22.7. The molecule has 5 aliphatic carbocycles. The largest absolute Gasteiger partial charge is 0.390 e. The van der Waals surface area contributed by atoms with Crippen LogP contribution in [0.25, 0.3) is 0 Å². The van der Waals surface area contributed by atoms with Gasteiger partial charge in [-0.15, -0.1) is 0 Å². The summed E-state index contributed by atoms with van der Waals surface area (Å²) in [6.45, 7) is 20.3. The normalized spacial score (nSPS) is 56.2. The summed E-state index contributed by atoms with van der Waals surface area (Å²) in [5, 5.41) is 11.0. The van der Waals surface area contributed by atoms with Crippen molar-refractivity contribution in [1.29, 1.82) is 0 Å². The predicted octanol–water partition coefficient (Wildman–Crippen LogP) is 8.25. The molecule has 0 unspecified atom stereocenters. The van der Waals surface area contributed by atoms with Crippen molar-refractivity contribution >= 4 is 0 Å². The second kappa shape index (κ2) is 6.55. The Kier molecular flexibility index (Phi) is 4.80. The molecule has 0 heterocycles.